The molecule has 0 spiro atoms. The van der Waals surface area contributed by atoms with Crippen LogP contribution in [0.3, 0.4) is 0 Å². The van der Waals surface area contributed by atoms with Crippen LogP contribution in [0.5, 0.6) is 0 Å². The van der Waals surface area contributed by atoms with Crippen molar-refractivity contribution in [3.05, 3.63) is 0 Å². The van der Waals surface area contributed by atoms with Gasteiger partial charge < -0.3 is 9.80 Å². The van der Waals surface area contributed by atoms with Crippen molar-refractivity contribution in [3.63, 3.8) is 0 Å². The molecule has 94 valence electrons. The van der Waals surface area contributed by atoms with Gasteiger partial charge in [0.25, 0.3) is 0 Å². The largest absolute Gasteiger partial charge is 0.340 e. The molecule has 0 unspecified atom stereocenters. The zero-order chi connectivity index (χ0) is 12.5. The van der Waals surface area contributed by atoms with Gasteiger partial charge in [0.15, 0.2) is 0 Å². The van der Waals surface area contributed by atoms with E-state index in [0.717, 1.165) is 45.4 Å². The summed E-state index contributed by atoms with van der Waals surface area (Å²) in [7, 11) is 2.08. The number of hydrogen-bond acceptors (Lipinski definition) is 3. The molecule has 0 N–H and O–H groups in total. The third kappa shape index (κ3) is 2.30. The number of rotatable bonds is 1. The second-order valence-electron chi connectivity index (χ2n) is 5.66. The number of likely N-dealkylation sites (N-methyl/N-ethyl adjacent to an activating group) is 1. The lowest BCUT2D eigenvalue weighted by Gasteiger charge is -2.42. The van der Waals surface area contributed by atoms with Gasteiger partial charge in [0.05, 0.1) is 6.07 Å². The monoisotopic (exact) mass is 235 g/mol. The number of carbonyl (C=O) groups excluding carboxylic acids is 1. The van der Waals surface area contributed by atoms with Crippen molar-refractivity contribution >= 4 is 5.91 Å². The molecule has 0 aromatic heterocycles. The Labute approximate surface area is 103 Å². The summed E-state index contributed by atoms with van der Waals surface area (Å²) in [6.07, 6.45) is 2.50. The highest BCUT2D eigenvalue weighted by molar-refractivity contribution is 5.86. The third-order valence-corrected chi connectivity index (χ3v) is 4.02. The number of amides is 1. The summed E-state index contributed by atoms with van der Waals surface area (Å²) in [5.74, 6) is 0.599. The van der Waals surface area contributed by atoms with Crippen molar-refractivity contribution in [3.8, 4) is 6.07 Å². The molecule has 0 aromatic carbocycles. The Bertz CT molecular complexity index is 341. The van der Waals surface area contributed by atoms with E-state index in [4.69, 9.17) is 0 Å². The summed E-state index contributed by atoms with van der Waals surface area (Å²) in [5, 5.41) is 9.27. The second kappa shape index (κ2) is 4.66. The van der Waals surface area contributed by atoms with Crippen LogP contribution in [0.2, 0.25) is 0 Å². The average Bonchev–Trinajstić information content (AvgIpc) is 2.48. The molecule has 0 radical (unpaired) electrons. The first kappa shape index (κ1) is 12.4. The first-order chi connectivity index (χ1) is 8.07. The molecule has 1 saturated carbocycles. The van der Waals surface area contributed by atoms with Crippen LogP contribution in [0.1, 0.15) is 26.2 Å². The van der Waals surface area contributed by atoms with E-state index >= 15 is 0 Å². The van der Waals surface area contributed by atoms with Crippen LogP contribution < -0.4 is 0 Å². The molecule has 0 aromatic rings. The van der Waals surface area contributed by atoms with Gasteiger partial charge in [0, 0.05) is 19.6 Å². The molecule has 1 aliphatic carbocycles. The van der Waals surface area contributed by atoms with Gasteiger partial charge in [-0.1, -0.05) is 6.92 Å². The predicted octanol–water partition coefficient (Wildman–Crippen LogP) is 1.09. The third-order valence-electron chi connectivity index (χ3n) is 4.02. The quantitative estimate of drug-likeness (QED) is 0.683. The Kier molecular flexibility index (Phi) is 3.39. The van der Waals surface area contributed by atoms with E-state index in [1.54, 1.807) is 0 Å². The Balaban J connectivity index is 2.02. The van der Waals surface area contributed by atoms with Gasteiger partial charge in [-0.3, -0.25) is 4.79 Å². The maximum Gasteiger partial charge on any atom is 0.243 e. The average molecular weight is 235 g/mol. The molecule has 1 saturated heterocycles. The fraction of sp³-hybridized carbons (Fsp3) is 0.846. The minimum absolute atomic E-state index is 0.0772. The lowest BCUT2D eigenvalue weighted by Crippen LogP contribution is -2.50. The fourth-order valence-corrected chi connectivity index (χ4v) is 3.00. The van der Waals surface area contributed by atoms with Crippen molar-refractivity contribution in [2.24, 2.45) is 11.3 Å². The highest BCUT2D eigenvalue weighted by Crippen LogP contribution is 2.46. The van der Waals surface area contributed by atoms with Gasteiger partial charge in [-0.05, 0) is 38.8 Å². The Hall–Kier alpha value is -1.08. The highest BCUT2D eigenvalue weighted by atomic mass is 16.2. The SMILES string of the molecule is CC1CC(C#N)(C(=O)N2CCCN(C)CC2)C1. The van der Waals surface area contributed by atoms with Gasteiger partial charge in [-0.2, -0.15) is 5.26 Å². The molecule has 1 aliphatic heterocycles. The minimum atomic E-state index is -0.692. The van der Waals surface area contributed by atoms with Crippen molar-refractivity contribution in [2.75, 3.05) is 33.2 Å². The summed E-state index contributed by atoms with van der Waals surface area (Å²) in [6, 6.07) is 2.27. The van der Waals surface area contributed by atoms with Crippen LogP contribution in [0.4, 0.5) is 0 Å². The van der Waals surface area contributed by atoms with Gasteiger partial charge >= 0.3 is 0 Å². The Morgan fingerprint density at radius 3 is 2.59 bits per heavy atom. The van der Waals surface area contributed by atoms with Crippen molar-refractivity contribution < 1.29 is 4.79 Å². The maximum atomic E-state index is 12.4. The maximum absolute atomic E-state index is 12.4. The Morgan fingerprint density at radius 1 is 1.29 bits per heavy atom. The number of nitrogens with zero attached hydrogens (tertiary/aromatic N) is 3. The zero-order valence-electron chi connectivity index (χ0n) is 10.8. The van der Waals surface area contributed by atoms with E-state index in [0.29, 0.717) is 5.92 Å². The van der Waals surface area contributed by atoms with E-state index in [1.165, 1.54) is 0 Å². The van der Waals surface area contributed by atoms with Gasteiger partial charge in [-0.25, -0.2) is 0 Å². The van der Waals surface area contributed by atoms with E-state index in [-0.39, 0.29) is 5.91 Å². The first-order valence-corrected chi connectivity index (χ1v) is 6.46. The van der Waals surface area contributed by atoms with Gasteiger partial charge in [0.2, 0.25) is 5.91 Å². The normalized spacial score (nSPS) is 34.6. The van der Waals surface area contributed by atoms with Gasteiger partial charge in [-0.15, -0.1) is 0 Å². The second-order valence-corrected chi connectivity index (χ2v) is 5.66. The van der Waals surface area contributed by atoms with E-state index < -0.39 is 5.41 Å². The number of nitriles is 1. The summed E-state index contributed by atoms with van der Waals surface area (Å²) < 4.78 is 0. The molecule has 4 nitrogen and oxygen atoms in total. The molecule has 0 bridgehead atoms. The molecular weight excluding hydrogens is 214 g/mol. The van der Waals surface area contributed by atoms with E-state index in [1.807, 2.05) is 4.90 Å². The number of hydrogen-bond donors (Lipinski definition) is 0. The molecule has 4 heteroatoms. The summed E-state index contributed by atoms with van der Waals surface area (Å²) >= 11 is 0. The smallest absolute Gasteiger partial charge is 0.243 e. The Morgan fingerprint density at radius 2 is 2.00 bits per heavy atom. The molecule has 2 aliphatic rings. The van der Waals surface area contributed by atoms with Crippen LogP contribution >= 0.6 is 0 Å². The highest BCUT2D eigenvalue weighted by Gasteiger charge is 2.50. The van der Waals surface area contributed by atoms with Gasteiger partial charge in [0.1, 0.15) is 5.41 Å². The molecule has 17 heavy (non-hydrogen) atoms. The molecule has 2 rings (SSSR count). The van der Waals surface area contributed by atoms with Crippen LogP contribution in [0.15, 0.2) is 0 Å². The van der Waals surface area contributed by atoms with Crippen molar-refractivity contribution in [1.82, 2.24) is 9.80 Å². The van der Waals surface area contributed by atoms with Crippen LogP contribution in [-0.2, 0) is 4.79 Å². The van der Waals surface area contributed by atoms with E-state index in [2.05, 4.69) is 24.9 Å². The topological polar surface area (TPSA) is 47.3 Å². The molecule has 0 atom stereocenters. The standard InChI is InChI=1S/C13H21N3O/c1-11-8-13(9-11,10-14)12(17)16-5-3-4-15(2)6-7-16/h11H,3-9H2,1-2H3. The lowest BCUT2D eigenvalue weighted by molar-refractivity contribution is -0.145. The van der Waals surface area contributed by atoms with Crippen molar-refractivity contribution in [2.45, 2.75) is 26.2 Å². The lowest BCUT2D eigenvalue weighted by atomic mass is 9.62. The summed E-state index contributed by atoms with van der Waals surface area (Å²) in [5.41, 5.74) is -0.692. The zero-order valence-corrected chi connectivity index (χ0v) is 10.8. The molecule has 1 amide bonds. The molecular formula is C13H21N3O. The summed E-state index contributed by atoms with van der Waals surface area (Å²) in [6.45, 7) is 5.65. The van der Waals surface area contributed by atoms with Crippen LogP contribution in [-0.4, -0.2) is 48.9 Å². The van der Waals surface area contributed by atoms with Crippen LogP contribution in [0.25, 0.3) is 0 Å². The molecule has 2 fully saturated rings. The summed E-state index contributed by atoms with van der Waals surface area (Å²) in [4.78, 5) is 16.6. The number of carbonyl (C=O) groups is 1. The van der Waals surface area contributed by atoms with Crippen molar-refractivity contribution in [1.29, 1.82) is 5.26 Å². The first-order valence-electron chi connectivity index (χ1n) is 6.46. The predicted molar refractivity (Wildman–Crippen MR) is 65.1 cm³/mol. The van der Waals surface area contributed by atoms with E-state index in [9.17, 15) is 10.1 Å². The van der Waals surface area contributed by atoms with Crippen LogP contribution in [0, 0.1) is 22.7 Å². The fourth-order valence-electron chi connectivity index (χ4n) is 3.00. The minimum Gasteiger partial charge on any atom is -0.340 e. The molecule has 1 heterocycles.